The van der Waals surface area contributed by atoms with E-state index in [1.807, 2.05) is 19.9 Å². The highest BCUT2D eigenvalue weighted by Crippen LogP contribution is 2.27. The lowest BCUT2D eigenvalue weighted by Gasteiger charge is -2.08. The van der Waals surface area contributed by atoms with Gasteiger partial charge >= 0.3 is 0 Å². The SMILES string of the molecule is Cc1cc(C)c2c(OCC(=O)Nc3ccc(Oc4ccncc4)cc3)nn(C)c2n1. The zero-order valence-corrected chi connectivity index (χ0v) is 16.9. The van der Waals surface area contributed by atoms with Gasteiger partial charge < -0.3 is 14.8 Å². The Balaban J connectivity index is 1.38. The van der Waals surface area contributed by atoms with Crippen molar-refractivity contribution in [1.82, 2.24) is 19.7 Å². The minimum absolute atomic E-state index is 0.158. The molecule has 8 heteroatoms. The third-order valence-electron chi connectivity index (χ3n) is 4.45. The molecular weight excluding hydrogens is 382 g/mol. The smallest absolute Gasteiger partial charge is 0.262 e. The van der Waals surface area contributed by atoms with Crippen molar-refractivity contribution in [1.29, 1.82) is 0 Å². The number of nitrogens with zero attached hydrogens (tertiary/aromatic N) is 4. The molecule has 0 saturated heterocycles. The van der Waals surface area contributed by atoms with Gasteiger partial charge in [-0.15, -0.1) is 5.10 Å². The molecule has 4 aromatic rings. The number of aromatic nitrogens is 4. The number of fused-ring (bicyclic) bond motifs is 1. The molecule has 1 aromatic carbocycles. The van der Waals surface area contributed by atoms with Crippen LogP contribution < -0.4 is 14.8 Å². The monoisotopic (exact) mass is 403 g/mol. The first-order valence-corrected chi connectivity index (χ1v) is 9.41. The summed E-state index contributed by atoms with van der Waals surface area (Å²) in [6, 6.07) is 12.6. The molecule has 0 bridgehead atoms. The predicted molar refractivity (Wildman–Crippen MR) is 113 cm³/mol. The number of aryl methyl sites for hydroxylation is 3. The molecule has 0 fully saturated rings. The number of hydrogen-bond acceptors (Lipinski definition) is 6. The van der Waals surface area contributed by atoms with Crippen LogP contribution in [0.5, 0.6) is 17.4 Å². The summed E-state index contributed by atoms with van der Waals surface area (Å²) in [6.45, 7) is 3.75. The number of pyridine rings is 2. The van der Waals surface area contributed by atoms with Gasteiger partial charge in [-0.1, -0.05) is 0 Å². The van der Waals surface area contributed by atoms with Crippen molar-refractivity contribution in [2.75, 3.05) is 11.9 Å². The normalized spacial score (nSPS) is 10.8. The van der Waals surface area contributed by atoms with Gasteiger partial charge in [-0.2, -0.15) is 0 Å². The Bertz CT molecular complexity index is 1190. The summed E-state index contributed by atoms with van der Waals surface area (Å²) in [4.78, 5) is 20.8. The van der Waals surface area contributed by atoms with Crippen LogP contribution in [0.25, 0.3) is 11.0 Å². The van der Waals surface area contributed by atoms with Crippen molar-refractivity contribution in [3.63, 3.8) is 0 Å². The maximum absolute atomic E-state index is 12.3. The van der Waals surface area contributed by atoms with Crippen LogP contribution in [0.15, 0.2) is 54.9 Å². The molecule has 0 atom stereocenters. The fourth-order valence-corrected chi connectivity index (χ4v) is 3.13. The summed E-state index contributed by atoms with van der Waals surface area (Å²) in [5, 5.41) is 7.97. The van der Waals surface area contributed by atoms with Crippen LogP contribution in [0, 0.1) is 13.8 Å². The first kappa shape index (κ1) is 19.4. The fourth-order valence-electron chi connectivity index (χ4n) is 3.13. The quantitative estimate of drug-likeness (QED) is 0.527. The molecule has 0 radical (unpaired) electrons. The molecular formula is C22H21N5O3. The zero-order valence-electron chi connectivity index (χ0n) is 16.9. The molecule has 4 rings (SSSR count). The van der Waals surface area contributed by atoms with Gasteiger partial charge in [0.1, 0.15) is 11.5 Å². The molecule has 0 aliphatic carbocycles. The molecule has 152 valence electrons. The first-order chi connectivity index (χ1) is 14.5. The van der Waals surface area contributed by atoms with Gasteiger partial charge in [0, 0.05) is 30.8 Å². The number of carbonyl (C=O) groups excluding carboxylic acids is 1. The van der Waals surface area contributed by atoms with Gasteiger partial charge in [0.25, 0.3) is 5.91 Å². The second-order valence-corrected chi connectivity index (χ2v) is 6.85. The first-order valence-electron chi connectivity index (χ1n) is 9.41. The molecule has 3 heterocycles. The maximum atomic E-state index is 12.3. The molecule has 8 nitrogen and oxygen atoms in total. The van der Waals surface area contributed by atoms with Gasteiger partial charge in [0.15, 0.2) is 12.3 Å². The summed E-state index contributed by atoms with van der Waals surface area (Å²) in [6.07, 6.45) is 3.32. The van der Waals surface area contributed by atoms with E-state index in [9.17, 15) is 4.79 Å². The van der Waals surface area contributed by atoms with Crippen LogP contribution in [0.4, 0.5) is 5.69 Å². The largest absolute Gasteiger partial charge is 0.466 e. The number of nitrogens with one attached hydrogen (secondary N) is 1. The lowest BCUT2D eigenvalue weighted by atomic mass is 10.2. The van der Waals surface area contributed by atoms with Gasteiger partial charge in [0.05, 0.1) is 5.39 Å². The van der Waals surface area contributed by atoms with Crippen LogP contribution in [-0.4, -0.2) is 32.3 Å². The summed E-state index contributed by atoms with van der Waals surface area (Å²) < 4.78 is 13.1. The fraction of sp³-hybridized carbons (Fsp3) is 0.182. The topological polar surface area (TPSA) is 91.2 Å². The number of hydrogen-bond donors (Lipinski definition) is 1. The van der Waals surface area contributed by atoms with E-state index < -0.39 is 0 Å². The highest BCUT2D eigenvalue weighted by molar-refractivity contribution is 5.92. The highest BCUT2D eigenvalue weighted by Gasteiger charge is 2.15. The standard InChI is InChI=1S/C22H21N5O3/c1-14-12-15(2)24-21-20(14)22(26-27(21)3)29-13-19(28)25-16-4-6-17(7-5-16)30-18-8-10-23-11-9-18/h4-12H,13H2,1-3H3,(H,25,28). The Morgan fingerprint density at radius 1 is 1.07 bits per heavy atom. The van der Waals surface area contributed by atoms with E-state index in [1.165, 1.54) is 0 Å². The Kier molecular flexibility index (Phi) is 5.30. The summed E-state index contributed by atoms with van der Waals surface area (Å²) in [7, 11) is 1.80. The Labute approximate surface area is 173 Å². The average molecular weight is 403 g/mol. The number of amides is 1. The molecule has 0 unspecified atom stereocenters. The van der Waals surface area contributed by atoms with E-state index in [1.54, 1.807) is 60.5 Å². The number of rotatable bonds is 6. The van der Waals surface area contributed by atoms with Crippen LogP contribution in [0.2, 0.25) is 0 Å². The molecule has 3 aromatic heterocycles. The van der Waals surface area contributed by atoms with E-state index in [4.69, 9.17) is 9.47 Å². The molecule has 1 amide bonds. The van der Waals surface area contributed by atoms with Gasteiger partial charge in [0.2, 0.25) is 5.88 Å². The lowest BCUT2D eigenvalue weighted by Crippen LogP contribution is -2.20. The molecule has 0 aliphatic rings. The number of carbonyl (C=O) groups is 1. The maximum Gasteiger partial charge on any atom is 0.262 e. The minimum atomic E-state index is -0.283. The second-order valence-electron chi connectivity index (χ2n) is 6.85. The second kappa shape index (κ2) is 8.20. The summed E-state index contributed by atoms with van der Waals surface area (Å²) in [5.74, 6) is 1.47. The lowest BCUT2D eigenvalue weighted by molar-refractivity contribution is -0.118. The highest BCUT2D eigenvalue weighted by atomic mass is 16.5. The van der Waals surface area contributed by atoms with E-state index in [2.05, 4.69) is 20.4 Å². The van der Waals surface area contributed by atoms with Crippen molar-refractivity contribution in [3.8, 4) is 17.4 Å². The number of benzene rings is 1. The van der Waals surface area contributed by atoms with Gasteiger partial charge in [-0.25, -0.2) is 9.67 Å². The third-order valence-corrected chi connectivity index (χ3v) is 4.45. The predicted octanol–water partition coefficient (Wildman–Crippen LogP) is 3.79. The zero-order chi connectivity index (χ0) is 21.1. The van der Waals surface area contributed by atoms with Crippen molar-refractivity contribution >= 4 is 22.6 Å². The third kappa shape index (κ3) is 4.22. The molecule has 1 N–H and O–H groups in total. The Morgan fingerprint density at radius 3 is 2.50 bits per heavy atom. The molecule has 0 saturated carbocycles. The van der Waals surface area contributed by atoms with Crippen LogP contribution in [0.3, 0.4) is 0 Å². The van der Waals surface area contributed by atoms with Crippen LogP contribution in [-0.2, 0) is 11.8 Å². The van der Waals surface area contributed by atoms with Crippen LogP contribution in [0.1, 0.15) is 11.3 Å². The molecule has 0 spiro atoms. The van der Waals surface area contributed by atoms with Crippen molar-refractivity contribution in [2.24, 2.45) is 7.05 Å². The summed E-state index contributed by atoms with van der Waals surface area (Å²) >= 11 is 0. The van der Waals surface area contributed by atoms with E-state index in [-0.39, 0.29) is 12.5 Å². The number of ether oxygens (including phenoxy) is 2. The number of anilines is 1. The minimum Gasteiger partial charge on any atom is -0.466 e. The van der Waals surface area contributed by atoms with E-state index >= 15 is 0 Å². The average Bonchev–Trinajstić information content (AvgIpc) is 3.04. The van der Waals surface area contributed by atoms with Gasteiger partial charge in [-0.05, 0) is 61.9 Å². The molecule has 0 aliphatic heterocycles. The Hall–Kier alpha value is -3.94. The van der Waals surface area contributed by atoms with Crippen molar-refractivity contribution in [2.45, 2.75) is 13.8 Å². The Morgan fingerprint density at radius 2 is 1.77 bits per heavy atom. The van der Waals surface area contributed by atoms with Crippen molar-refractivity contribution in [3.05, 3.63) is 66.1 Å². The van der Waals surface area contributed by atoms with E-state index in [0.29, 0.717) is 23.1 Å². The van der Waals surface area contributed by atoms with Gasteiger partial charge in [-0.3, -0.25) is 9.78 Å². The molecule has 30 heavy (non-hydrogen) atoms. The van der Waals surface area contributed by atoms with Crippen LogP contribution >= 0.6 is 0 Å². The van der Waals surface area contributed by atoms with E-state index in [0.717, 1.165) is 22.3 Å². The van der Waals surface area contributed by atoms with Crippen molar-refractivity contribution < 1.29 is 14.3 Å². The summed E-state index contributed by atoms with van der Waals surface area (Å²) in [5.41, 5.74) is 3.28.